The van der Waals surface area contributed by atoms with E-state index >= 15 is 0 Å². The van der Waals surface area contributed by atoms with E-state index in [0.717, 1.165) is 48.6 Å². The first-order valence-electron chi connectivity index (χ1n) is 10.2. The zero-order valence-electron chi connectivity index (χ0n) is 17.9. The average molecular weight is 477 g/mol. The summed E-state index contributed by atoms with van der Waals surface area (Å²) in [5, 5.41) is 12.7. The number of hydrogen-bond acceptors (Lipinski definition) is 7. The molecule has 0 saturated heterocycles. The molecule has 1 aromatic carbocycles. The van der Waals surface area contributed by atoms with Gasteiger partial charge in [-0.2, -0.15) is 14.0 Å². The Morgan fingerprint density at radius 3 is 2.76 bits per heavy atom. The third-order valence-corrected chi connectivity index (χ3v) is 6.15. The van der Waals surface area contributed by atoms with Gasteiger partial charge in [-0.15, -0.1) is 11.3 Å². The largest absolute Gasteiger partial charge is 0.493 e. The van der Waals surface area contributed by atoms with Gasteiger partial charge >= 0.3 is 12.6 Å². The summed E-state index contributed by atoms with van der Waals surface area (Å²) in [6.07, 6.45) is 7.41. The van der Waals surface area contributed by atoms with Crippen molar-refractivity contribution in [2.45, 2.75) is 38.7 Å². The number of ether oxygens (including phenoxy) is 3. The highest BCUT2D eigenvalue weighted by molar-refractivity contribution is 7.16. The summed E-state index contributed by atoms with van der Waals surface area (Å²) >= 11 is 1.40. The van der Waals surface area contributed by atoms with Crippen molar-refractivity contribution in [3.05, 3.63) is 45.8 Å². The van der Waals surface area contributed by atoms with E-state index in [0.29, 0.717) is 16.1 Å². The Morgan fingerprint density at radius 2 is 2.03 bits per heavy atom. The van der Waals surface area contributed by atoms with Gasteiger partial charge in [0.2, 0.25) is 0 Å². The van der Waals surface area contributed by atoms with Crippen LogP contribution in [0.3, 0.4) is 0 Å². The van der Waals surface area contributed by atoms with Gasteiger partial charge in [0.25, 0.3) is 5.91 Å². The summed E-state index contributed by atoms with van der Waals surface area (Å²) in [6.45, 7) is -3.50. The summed E-state index contributed by atoms with van der Waals surface area (Å²) in [5.74, 6) is -1.36. The van der Waals surface area contributed by atoms with Gasteiger partial charge in [0.1, 0.15) is 11.1 Å². The highest BCUT2D eigenvalue weighted by Gasteiger charge is 2.21. The van der Waals surface area contributed by atoms with Crippen molar-refractivity contribution in [2.24, 2.45) is 0 Å². The number of nitrogens with zero attached hydrogens (tertiary/aromatic N) is 1. The van der Waals surface area contributed by atoms with Crippen molar-refractivity contribution in [1.82, 2.24) is 0 Å². The molecule has 1 N–H and O–H groups in total. The number of aryl methyl sites for hydroxylation is 1. The Labute approximate surface area is 193 Å². The molecule has 0 unspecified atom stereocenters. The Hall–Kier alpha value is -3.45. The fourth-order valence-corrected chi connectivity index (χ4v) is 4.70. The number of hydrogen-bond donors (Lipinski definition) is 1. The lowest BCUT2D eigenvalue weighted by Gasteiger charge is -2.10. The minimum Gasteiger partial charge on any atom is -0.493 e. The maximum absolute atomic E-state index is 12.4. The Morgan fingerprint density at radius 1 is 1.24 bits per heavy atom. The predicted octanol–water partition coefficient (Wildman–Crippen LogP) is 4.69. The Kier molecular flexibility index (Phi) is 8.38. The molecule has 2 aromatic rings. The van der Waals surface area contributed by atoms with Crippen LogP contribution in [0.2, 0.25) is 0 Å². The van der Waals surface area contributed by atoms with E-state index < -0.39 is 25.1 Å². The maximum atomic E-state index is 12.4. The van der Waals surface area contributed by atoms with Gasteiger partial charge in [-0.1, -0.05) is 12.5 Å². The Balaban J connectivity index is 1.55. The minimum absolute atomic E-state index is 0.0767. The number of alkyl halides is 2. The quantitative estimate of drug-likeness (QED) is 0.337. The summed E-state index contributed by atoms with van der Waals surface area (Å²) in [6, 6.07) is 6.34. The second-order valence-corrected chi connectivity index (χ2v) is 8.26. The molecule has 0 radical (unpaired) electrons. The fourth-order valence-electron chi connectivity index (χ4n) is 3.44. The third kappa shape index (κ3) is 6.52. The van der Waals surface area contributed by atoms with Crippen LogP contribution in [0.25, 0.3) is 6.08 Å². The average Bonchev–Trinajstić information content (AvgIpc) is 2.95. The van der Waals surface area contributed by atoms with Crippen LogP contribution in [0.1, 0.15) is 40.8 Å². The number of amides is 1. The maximum Gasteiger partial charge on any atom is 0.387 e. The van der Waals surface area contributed by atoms with Crippen LogP contribution < -0.4 is 14.8 Å². The van der Waals surface area contributed by atoms with Crippen molar-refractivity contribution < 1.29 is 32.6 Å². The van der Waals surface area contributed by atoms with E-state index in [4.69, 9.17) is 9.47 Å². The molecule has 0 spiro atoms. The zero-order valence-corrected chi connectivity index (χ0v) is 18.7. The van der Waals surface area contributed by atoms with Gasteiger partial charge < -0.3 is 19.5 Å². The molecule has 1 amide bonds. The molecule has 0 bridgehead atoms. The molecule has 174 valence electrons. The third-order valence-electron chi connectivity index (χ3n) is 4.95. The van der Waals surface area contributed by atoms with Crippen molar-refractivity contribution in [3.63, 3.8) is 0 Å². The van der Waals surface area contributed by atoms with Crippen LogP contribution in [-0.2, 0) is 27.2 Å². The summed E-state index contributed by atoms with van der Waals surface area (Å²) in [5.41, 5.74) is 1.98. The van der Waals surface area contributed by atoms with Gasteiger partial charge in [0, 0.05) is 11.0 Å². The number of nitrogens with one attached hydrogen (secondary N) is 1. The van der Waals surface area contributed by atoms with Gasteiger partial charge in [-0.25, -0.2) is 4.79 Å². The zero-order chi connectivity index (χ0) is 23.8. The number of thiophene rings is 1. The first-order chi connectivity index (χ1) is 15.9. The van der Waals surface area contributed by atoms with Gasteiger partial charge in [-0.05, 0) is 55.0 Å². The van der Waals surface area contributed by atoms with Crippen LogP contribution in [0.4, 0.5) is 13.8 Å². The van der Waals surface area contributed by atoms with E-state index in [2.05, 4.69) is 16.1 Å². The van der Waals surface area contributed by atoms with E-state index in [9.17, 15) is 23.6 Å². The topological polar surface area (TPSA) is 97.6 Å². The van der Waals surface area contributed by atoms with E-state index in [1.807, 2.05) is 0 Å². The molecular formula is C23H22F2N2O5S. The Bertz CT molecular complexity index is 1090. The minimum atomic E-state index is -2.99. The number of methoxy groups -OCH3 is 1. The number of benzene rings is 1. The normalized spacial score (nSPS) is 13.2. The highest BCUT2D eigenvalue weighted by Crippen LogP contribution is 2.37. The van der Waals surface area contributed by atoms with Crippen LogP contribution in [0.5, 0.6) is 11.5 Å². The number of esters is 1. The van der Waals surface area contributed by atoms with E-state index in [1.165, 1.54) is 42.7 Å². The van der Waals surface area contributed by atoms with Crippen molar-refractivity contribution in [2.75, 3.05) is 19.0 Å². The van der Waals surface area contributed by atoms with Crippen LogP contribution in [0, 0.1) is 11.3 Å². The molecule has 1 aliphatic rings. The first-order valence-corrected chi connectivity index (χ1v) is 11.0. The molecule has 1 aliphatic carbocycles. The summed E-state index contributed by atoms with van der Waals surface area (Å²) in [4.78, 5) is 25.3. The van der Waals surface area contributed by atoms with Crippen LogP contribution in [-0.4, -0.2) is 32.2 Å². The fraction of sp³-hybridized carbons (Fsp3) is 0.348. The molecule has 0 fully saturated rings. The van der Waals surface area contributed by atoms with Gasteiger partial charge in [0.15, 0.2) is 18.1 Å². The number of halogens is 2. The van der Waals surface area contributed by atoms with E-state index in [1.54, 1.807) is 0 Å². The molecule has 10 heteroatoms. The smallest absolute Gasteiger partial charge is 0.387 e. The second-order valence-electron chi connectivity index (χ2n) is 7.16. The molecule has 33 heavy (non-hydrogen) atoms. The van der Waals surface area contributed by atoms with Crippen molar-refractivity contribution in [1.29, 1.82) is 5.26 Å². The summed E-state index contributed by atoms with van der Waals surface area (Å²) in [7, 11) is 1.30. The van der Waals surface area contributed by atoms with Crippen LogP contribution >= 0.6 is 11.3 Å². The molecule has 0 atom stereocenters. The number of carbonyl (C=O) groups is 2. The monoisotopic (exact) mass is 476 g/mol. The number of rotatable bonds is 8. The number of carbonyl (C=O) groups excluding carboxylic acids is 2. The lowest BCUT2D eigenvalue weighted by atomic mass is 10.1. The molecule has 7 nitrogen and oxygen atoms in total. The summed E-state index contributed by atoms with van der Waals surface area (Å²) < 4.78 is 39.1. The van der Waals surface area contributed by atoms with Gasteiger partial charge in [-0.3, -0.25) is 4.79 Å². The molecule has 0 aliphatic heterocycles. The van der Waals surface area contributed by atoms with E-state index in [-0.39, 0.29) is 11.5 Å². The van der Waals surface area contributed by atoms with Gasteiger partial charge in [0.05, 0.1) is 12.7 Å². The SMILES string of the molecule is COc1cc(C=CC(=O)OCC(=O)Nc2sc3c(c2C#N)CCCCC3)ccc1OC(F)F. The van der Waals surface area contributed by atoms with Crippen LogP contribution in [0.15, 0.2) is 24.3 Å². The molecule has 3 rings (SSSR count). The standard InChI is InChI=1S/C23H22F2N2O5S/c1-30-18-11-14(7-9-17(18)32-23(24)25)8-10-21(29)31-13-20(28)27-22-16(12-26)15-5-3-2-4-6-19(15)33-22/h7-11,23H,2-6,13H2,1H3,(H,27,28). The first kappa shape index (κ1) is 24.2. The molecule has 0 saturated carbocycles. The highest BCUT2D eigenvalue weighted by atomic mass is 32.1. The van der Waals surface area contributed by atoms with Crippen molar-refractivity contribution in [3.8, 4) is 17.6 Å². The molecule has 1 heterocycles. The lowest BCUT2D eigenvalue weighted by Crippen LogP contribution is -2.20. The number of nitriles is 1. The lowest BCUT2D eigenvalue weighted by molar-refractivity contribution is -0.142. The van der Waals surface area contributed by atoms with Crippen molar-refractivity contribution >= 4 is 34.3 Å². The second kappa shape index (κ2) is 11.4. The molecular weight excluding hydrogens is 454 g/mol. The molecule has 1 aromatic heterocycles. The predicted molar refractivity (Wildman–Crippen MR) is 119 cm³/mol. The number of anilines is 1. The number of fused-ring (bicyclic) bond motifs is 1.